The summed E-state index contributed by atoms with van der Waals surface area (Å²) in [5, 5.41) is 1.46. The predicted octanol–water partition coefficient (Wildman–Crippen LogP) is 4.54. The molecule has 0 fully saturated rings. The lowest BCUT2D eigenvalue weighted by molar-refractivity contribution is 0.296. The van der Waals surface area contributed by atoms with Crippen molar-refractivity contribution < 1.29 is 4.39 Å². The van der Waals surface area contributed by atoms with E-state index in [1.54, 1.807) is 6.07 Å². The van der Waals surface area contributed by atoms with Crippen molar-refractivity contribution in [2.24, 2.45) is 0 Å². The molecule has 4 heteroatoms. The van der Waals surface area contributed by atoms with Crippen LogP contribution in [-0.2, 0) is 6.54 Å². The molecule has 2 aromatic carbocycles. The fraction of sp³-hybridized carbons (Fsp3) is 0.222. The van der Waals surface area contributed by atoms with Gasteiger partial charge in [-0.3, -0.25) is 0 Å². The Hall–Kier alpha value is -1.84. The number of rotatable bonds is 1. The molecule has 22 heavy (non-hydrogen) atoms. The maximum atomic E-state index is 13.5. The zero-order valence-electron chi connectivity index (χ0n) is 12.2. The highest BCUT2D eigenvalue weighted by Crippen LogP contribution is 2.37. The molecule has 1 N–H and O–H groups in total. The largest absolute Gasteiger partial charge is 0.361 e. The number of nitrogens with one attached hydrogen (secondary N) is 1. The standard InChI is InChI=1S/C18H16ClFN2/c1-22-9-14(11-2-4-17(20)16(19)8-11)12-3-5-18-13(6-7-21-18)15(12)10-22/h2-8,14,21H,9-10H2,1H3. The van der Waals surface area contributed by atoms with E-state index in [4.69, 9.17) is 11.6 Å². The van der Waals surface area contributed by atoms with Crippen molar-refractivity contribution in [1.82, 2.24) is 9.88 Å². The van der Waals surface area contributed by atoms with Gasteiger partial charge in [0.05, 0.1) is 5.02 Å². The molecule has 4 rings (SSSR count). The number of H-pyrrole nitrogens is 1. The van der Waals surface area contributed by atoms with E-state index in [0.29, 0.717) is 0 Å². The van der Waals surface area contributed by atoms with E-state index < -0.39 is 0 Å². The fourth-order valence-corrected chi connectivity index (χ4v) is 3.66. The molecule has 0 amide bonds. The van der Waals surface area contributed by atoms with Crippen LogP contribution >= 0.6 is 11.6 Å². The number of hydrogen-bond donors (Lipinski definition) is 1. The van der Waals surface area contributed by atoms with E-state index in [1.165, 1.54) is 22.6 Å². The zero-order chi connectivity index (χ0) is 15.3. The van der Waals surface area contributed by atoms with Gasteiger partial charge in [-0.15, -0.1) is 0 Å². The number of aromatic amines is 1. The van der Waals surface area contributed by atoms with Crippen LogP contribution in [0.15, 0.2) is 42.6 Å². The lowest BCUT2D eigenvalue weighted by Crippen LogP contribution is -2.31. The van der Waals surface area contributed by atoms with Crippen molar-refractivity contribution in [2.75, 3.05) is 13.6 Å². The van der Waals surface area contributed by atoms with Gasteiger partial charge >= 0.3 is 0 Å². The molecule has 1 unspecified atom stereocenters. The number of likely N-dealkylation sites (N-methyl/N-ethyl adjacent to an activating group) is 1. The van der Waals surface area contributed by atoms with Gasteiger partial charge in [-0.2, -0.15) is 0 Å². The Bertz CT molecular complexity index is 855. The fourth-order valence-electron chi connectivity index (χ4n) is 3.47. The van der Waals surface area contributed by atoms with Crippen LogP contribution < -0.4 is 0 Å². The summed E-state index contributed by atoms with van der Waals surface area (Å²) in [4.78, 5) is 5.57. The van der Waals surface area contributed by atoms with E-state index >= 15 is 0 Å². The normalized spacial score (nSPS) is 18.6. The van der Waals surface area contributed by atoms with E-state index in [0.717, 1.165) is 24.2 Å². The second-order valence-corrected chi connectivity index (χ2v) is 6.40. The molecular weight excluding hydrogens is 299 g/mol. The second-order valence-electron chi connectivity index (χ2n) is 6.00. The summed E-state index contributed by atoms with van der Waals surface area (Å²) >= 11 is 5.98. The number of aromatic nitrogens is 1. The summed E-state index contributed by atoms with van der Waals surface area (Å²) in [6, 6.07) is 11.5. The molecule has 1 aliphatic heterocycles. The summed E-state index contributed by atoms with van der Waals surface area (Å²) in [6.07, 6.45) is 1.98. The first-order chi connectivity index (χ1) is 10.6. The molecule has 0 saturated heterocycles. The number of hydrogen-bond acceptors (Lipinski definition) is 1. The van der Waals surface area contributed by atoms with Crippen LogP contribution in [0.5, 0.6) is 0 Å². The molecule has 1 aliphatic rings. The Morgan fingerprint density at radius 1 is 1.23 bits per heavy atom. The van der Waals surface area contributed by atoms with Gasteiger partial charge in [0.25, 0.3) is 0 Å². The van der Waals surface area contributed by atoms with Crippen LogP contribution in [-0.4, -0.2) is 23.5 Å². The first-order valence-electron chi connectivity index (χ1n) is 7.36. The van der Waals surface area contributed by atoms with Gasteiger partial charge < -0.3 is 9.88 Å². The maximum Gasteiger partial charge on any atom is 0.141 e. The predicted molar refractivity (Wildman–Crippen MR) is 87.9 cm³/mol. The van der Waals surface area contributed by atoms with Gasteiger partial charge in [-0.05, 0) is 48.0 Å². The van der Waals surface area contributed by atoms with Crippen molar-refractivity contribution in [3.05, 3.63) is 70.1 Å². The van der Waals surface area contributed by atoms with Crippen LogP contribution in [0.25, 0.3) is 10.9 Å². The van der Waals surface area contributed by atoms with Crippen molar-refractivity contribution in [3.8, 4) is 0 Å². The van der Waals surface area contributed by atoms with E-state index in [1.807, 2.05) is 12.3 Å². The molecule has 2 heterocycles. The van der Waals surface area contributed by atoms with Gasteiger partial charge in [0.15, 0.2) is 0 Å². The molecule has 0 spiro atoms. The monoisotopic (exact) mass is 314 g/mol. The molecule has 0 bridgehead atoms. The minimum atomic E-state index is -0.365. The lowest BCUT2D eigenvalue weighted by atomic mass is 9.83. The highest BCUT2D eigenvalue weighted by Gasteiger charge is 2.26. The van der Waals surface area contributed by atoms with Gasteiger partial charge in [0.1, 0.15) is 5.82 Å². The highest BCUT2D eigenvalue weighted by atomic mass is 35.5. The third-order valence-corrected chi connectivity index (χ3v) is 4.82. The average Bonchev–Trinajstić information content (AvgIpc) is 2.98. The first-order valence-corrected chi connectivity index (χ1v) is 7.73. The van der Waals surface area contributed by atoms with E-state index in [-0.39, 0.29) is 16.8 Å². The van der Waals surface area contributed by atoms with Gasteiger partial charge in [-0.1, -0.05) is 23.7 Å². The van der Waals surface area contributed by atoms with E-state index in [9.17, 15) is 4.39 Å². The van der Waals surface area contributed by atoms with Gasteiger partial charge in [-0.25, -0.2) is 4.39 Å². The van der Waals surface area contributed by atoms with Crippen LogP contribution in [0.4, 0.5) is 4.39 Å². The van der Waals surface area contributed by atoms with Gasteiger partial charge in [0, 0.05) is 36.1 Å². The Kier molecular flexibility index (Phi) is 3.21. The average molecular weight is 315 g/mol. The number of halogens is 2. The number of benzene rings is 2. The summed E-state index contributed by atoms with van der Waals surface area (Å²) < 4.78 is 13.5. The summed E-state index contributed by atoms with van der Waals surface area (Å²) in [5.74, 6) is -0.151. The highest BCUT2D eigenvalue weighted by molar-refractivity contribution is 6.30. The van der Waals surface area contributed by atoms with Crippen molar-refractivity contribution in [3.63, 3.8) is 0 Å². The quantitative estimate of drug-likeness (QED) is 0.699. The third kappa shape index (κ3) is 2.13. The molecule has 112 valence electrons. The molecule has 0 saturated carbocycles. The zero-order valence-corrected chi connectivity index (χ0v) is 13.0. The van der Waals surface area contributed by atoms with Crippen molar-refractivity contribution >= 4 is 22.5 Å². The van der Waals surface area contributed by atoms with Crippen LogP contribution in [0.3, 0.4) is 0 Å². The summed E-state index contributed by atoms with van der Waals surface area (Å²) in [7, 11) is 2.12. The molecule has 2 nitrogen and oxygen atoms in total. The lowest BCUT2D eigenvalue weighted by Gasteiger charge is -2.33. The Morgan fingerprint density at radius 2 is 2.09 bits per heavy atom. The molecule has 0 aliphatic carbocycles. The van der Waals surface area contributed by atoms with Crippen molar-refractivity contribution in [1.29, 1.82) is 0 Å². The SMILES string of the molecule is CN1Cc2c(ccc3[nH]ccc23)C(c2ccc(F)c(Cl)c2)C1. The third-order valence-electron chi connectivity index (χ3n) is 4.53. The molecule has 0 radical (unpaired) electrons. The molecular formula is C18H16ClFN2. The molecule has 1 atom stereocenters. The van der Waals surface area contributed by atoms with Gasteiger partial charge in [0.2, 0.25) is 0 Å². The Labute approximate surface area is 133 Å². The molecule has 3 aromatic rings. The van der Waals surface area contributed by atoms with Crippen molar-refractivity contribution in [2.45, 2.75) is 12.5 Å². The van der Waals surface area contributed by atoms with Crippen LogP contribution in [0.2, 0.25) is 5.02 Å². The second kappa shape index (κ2) is 5.11. The Morgan fingerprint density at radius 3 is 2.91 bits per heavy atom. The maximum absolute atomic E-state index is 13.5. The number of nitrogens with zero attached hydrogens (tertiary/aromatic N) is 1. The van der Waals surface area contributed by atoms with Crippen LogP contribution in [0.1, 0.15) is 22.6 Å². The Balaban J connectivity index is 1.89. The first kappa shape index (κ1) is 13.8. The minimum Gasteiger partial charge on any atom is -0.361 e. The summed E-state index contributed by atoms with van der Waals surface area (Å²) in [6.45, 7) is 1.83. The number of fused-ring (bicyclic) bond motifs is 3. The summed E-state index contributed by atoms with van der Waals surface area (Å²) in [5.41, 5.74) is 4.88. The van der Waals surface area contributed by atoms with E-state index in [2.05, 4.69) is 35.1 Å². The molecule has 1 aromatic heterocycles. The minimum absolute atomic E-state index is 0.190. The topological polar surface area (TPSA) is 19.0 Å². The van der Waals surface area contributed by atoms with Crippen LogP contribution in [0, 0.1) is 5.82 Å². The smallest absolute Gasteiger partial charge is 0.141 e.